The summed E-state index contributed by atoms with van der Waals surface area (Å²) in [6, 6.07) is 7.13. The van der Waals surface area contributed by atoms with E-state index in [4.69, 9.17) is 4.52 Å². The fourth-order valence-electron chi connectivity index (χ4n) is 4.08. The maximum atomic E-state index is 14.5. The second kappa shape index (κ2) is 9.24. The smallest absolute Gasteiger partial charge is 0.266 e. The Morgan fingerprint density at radius 3 is 2.32 bits per heavy atom. The first kappa shape index (κ1) is 25.4. The van der Waals surface area contributed by atoms with E-state index in [1.165, 1.54) is 12.1 Å². The van der Waals surface area contributed by atoms with Gasteiger partial charge >= 0.3 is 0 Å². The van der Waals surface area contributed by atoms with Crippen molar-refractivity contribution in [3.8, 4) is 11.3 Å². The quantitative estimate of drug-likeness (QED) is 0.199. The van der Waals surface area contributed by atoms with Gasteiger partial charge in [0, 0.05) is 41.9 Å². The lowest BCUT2D eigenvalue weighted by Gasteiger charge is -2.09. The normalized spacial score (nSPS) is 11.9. The average molecular weight is 551 g/mol. The maximum Gasteiger partial charge on any atom is 0.266 e. The number of benzene rings is 3. The number of sulfonamides is 1. The minimum absolute atomic E-state index is 0.0726. The predicted molar refractivity (Wildman–Crippen MR) is 125 cm³/mol. The molecule has 0 radical (unpaired) electrons. The molecule has 0 aliphatic rings. The van der Waals surface area contributed by atoms with E-state index in [9.17, 15) is 34.8 Å². The maximum absolute atomic E-state index is 14.5. The Morgan fingerprint density at radius 2 is 1.58 bits per heavy atom. The van der Waals surface area contributed by atoms with Crippen LogP contribution in [0.2, 0.25) is 0 Å². The highest BCUT2D eigenvalue weighted by Crippen LogP contribution is 2.35. The number of nitrogens with one attached hydrogen (secondary N) is 1. The van der Waals surface area contributed by atoms with Gasteiger partial charge in [0.05, 0.1) is 5.52 Å². The summed E-state index contributed by atoms with van der Waals surface area (Å²) in [7, 11) is -4.75. The zero-order valence-corrected chi connectivity index (χ0v) is 20.0. The summed E-state index contributed by atoms with van der Waals surface area (Å²) in [5, 5.41) is 4.04. The summed E-state index contributed by atoms with van der Waals surface area (Å²) >= 11 is 0. The van der Waals surface area contributed by atoms with Crippen LogP contribution in [-0.4, -0.2) is 18.1 Å². The standard InChI is InChI=1S/C25H15F6N3O3S/c1-12-10-34(11-13-2-3-17(27)18(28)4-13)25-15(12)5-14(26)6-16(25)22-9-24(32-37-22)33-38(35,36)23-8-20(30)19(29)7-21(23)31/h2-10H,11H2,1H3,(H,32,33). The summed E-state index contributed by atoms with van der Waals surface area (Å²) in [6.45, 7) is 1.78. The van der Waals surface area contributed by atoms with Gasteiger partial charge in [-0.15, -0.1) is 0 Å². The van der Waals surface area contributed by atoms with Crippen LogP contribution in [0, 0.1) is 41.8 Å². The number of hydrogen-bond acceptors (Lipinski definition) is 4. The van der Waals surface area contributed by atoms with Crippen molar-refractivity contribution in [3.05, 3.63) is 101 Å². The zero-order valence-electron chi connectivity index (χ0n) is 19.2. The van der Waals surface area contributed by atoms with Crippen molar-refractivity contribution >= 4 is 26.7 Å². The topological polar surface area (TPSA) is 77.1 Å². The molecule has 3 aromatic carbocycles. The molecular weight excluding hydrogens is 536 g/mol. The number of aryl methyl sites for hydroxylation is 1. The third kappa shape index (κ3) is 4.60. The van der Waals surface area contributed by atoms with Crippen LogP contribution >= 0.6 is 0 Å². The largest absolute Gasteiger partial charge is 0.354 e. The molecule has 0 saturated heterocycles. The molecule has 0 bridgehead atoms. The van der Waals surface area contributed by atoms with E-state index in [-0.39, 0.29) is 30.0 Å². The molecule has 5 aromatic rings. The van der Waals surface area contributed by atoms with Crippen molar-refractivity contribution in [2.24, 2.45) is 0 Å². The highest BCUT2D eigenvalue weighted by Gasteiger charge is 2.25. The first-order chi connectivity index (χ1) is 17.9. The molecule has 0 aliphatic heterocycles. The number of halogens is 6. The summed E-state index contributed by atoms with van der Waals surface area (Å²) in [6.07, 6.45) is 1.67. The van der Waals surface area contributed by atoms with Gasteiger partial charge in [0.15, 0.2) is 34.8 Å². The SMILES string of the molecule is Cc1cn(Cc2ccc(F)c(F)c2)c2c(-c3cc(NS(=O)(=O)c4cc(F)c(F)cc4F)no3)cc(F)cc12. The average Bonchev–Trinajstić information content (AvgIpc) is 3.42. The van der Waals surface area contributed by atoms with Crippen LogP contribution < -0.4 is 4.72 Å². The van der Waals surface area contributed by atoms with Crippen LogP contribution in [0.4, 0.5) is 32.2 Å². The molecule has 0 atom stereocenters. The van der Waals surface area contributed by atoms with E-state index in [0.717, 1.165) is 24.3 Å². The highest BCUT2D eigenvalue weighted by molar-refractivity contribution is 7.92. The van der Waals surface area contributed by atoms with Crippen LogP contribution in [0.1, 0.15) is 11.1 Å². The second-order valence-corrected chi connectivity index (χ2v) is 10.1. The van der Waals surface area contributed by atoms with E-state index in [0.29, 0.717) is 22.0 Å². The number of anilines is 1. The highest BCUT2D eigenvalue weighted by atomic mass is 32.2. The molecular formula is C25H15F6N3O3S. The van der Waals surface area contributed by atoms with Crippen molar-refractivity contribution in [2.75, 3.05) is 4.72 Å². The lowest BCUT2D eigenvalue weighted by Crippen LogP contribution is -2.15. The molecule has 0 amide bonds. The van der Waals surface area contributed by atoms with Crippen LogP contribution in [-0.2, 0) is 16.6 Å². The minimum atomic E-state index is -4.75. The third-order valence-electron chi connectivity index (χ3n) is 5.75. The fourth-order valence-corrected chi connectivity index (χ4v) is 5.13. The Balaban J connectivity index is 1.55. The Hall–Kier alpha value is -4.26. The molecule has 196 valence electrons. The van der Waals surface area contributed by atoms with Gasteiger partial charge < -0.3 is 9.09 Å². The number of aromatic nitrogens is 2. The molecule has 2 heterocycles. The summed E-state index contributed by atoms with van der Waals surface area (Å²) < 4.78 is 116. The van der Waals surface area contributed by atoms with Crippen molar-refractivity contribution in [1.82, 2.24) is 9.72 Å². The molecule has 0 aliphatic carbocycles. The summed E-state index contributed by atoms with van der Waals surface area (Å²) in [5.41, 5.74) is 1.63. The molecule has 0 unspecified atom stereocenters. The Kier molecular flexibility index (Phi) is 6.18. The van der Waals surface area contributed by atoms with Crippen molar-refractivity contribution in [3.63, 3.8) is 0 Å². The molecule has 5 rings (SSSR count). The van der Waals surface area contributed by atoms with Gasteiger partial charge in [-0.2, -0.15) is 0 Å². The molecule has 2 aromatic heterocycles. The Labute approximate surface area is 211 Å². The van der Waals surface area contributed by atoms with Gasteiger partial charge in [-0.3, -0.25) is 4.72 Å². The number of hydrogen-bond donors (Lipinski definition) is 1. The summed E-state index contributed by atoms with van der Waals surface area (Å²) in [5.74, 6) is -7.91. The molecule has 1 N–H and O–H groups in total. The van der Waals surface area contributed by atoms with Crippen molar-refractivity contribution in [1.29, 1.82) is 0 Å². The van der Waals surface area contributed by atoms with Crippen molar-refractivity contribution < 1.29 is 39.3 Å². The van der Waals surface area contributed by atoms with Gasteiger partial charge in [-0.25, -0.2) is 34.8 Å². The Morgan fingerprint density at radius 1 is 0.868 bits per heavy atom. The lowest BCUT2D eigenvalue weighted by atomic mass is 10.1. The second-order valence-electron chi connectivity index (χ2n) is 8.42. The van der Waals surface area contributed by atoms with E-state index >= 15 is 0 Å². The lowest BCUT2D eigenvalue weighted by molar-refractivity contribution is 0.435. The molecule has 0 spiro atoms. The van der Waals surface area contributed by atoms with Gasteiger partial charge in [-0.05, 0) is 42.3 Å². The number of fused-ring (bicyclic) bond motifs is 1. The number of nitrogens with zero attached hydrogens (tertiary/aromatic N) is 2. The van der Waals surface area contributed by atoms with Crippen LogP contribution in [0.15, 0.2) is 64.1 Å². The van der Waals surface area contributed by atoms with Crippen molar-refractivity contribution in [2.45, 2.75) is 18.4 Å². The number of rotatable bonds is 6. The van der Waals surface area contributed by atoms with Crippen LogP contribution in [0.3, 0.4) is 0 Å². The Bertz CT molecular complexity index is 1830. The first-order valence-corrected chi connectivity index (χ1v) is 12.3. The van der Waals surface area contributed by atoms with Gasteiger partial charge in [0.1, 0.15) is 16.5 Å². The first-order valence-electron chi connectivity index (χ1n) is 10.8. The molecule has 6 nitrogen and oxygen atoms in total. The molecule has 13 heteroatoms. The predicted octanol–water partition coefficient (Wildman–Crippen LogP) is 6.29. The summed E-state index contributed by atoms with van der Waals surface area (Å²) in [4.78, 5) is -1.16. The van der Waals surface area contributed by atoms with E-state index in [1.54, 1.807) is 17.7 Å². The zero-order chi connectivity index (χ0) is 27.4. The minimum Gasteiger partial charge on any atom is -0.354 e. The monoisotopic (exact) mass is 551 g/mol. The molecule has 0 fully saturated rings. The molecule has 38 heavy (non-hydrogen) atoms. The van der Waals surface area contributed by atoms with E-state index in [2.05, 4.69) is 5.16 Å². The fraction of sp³-hybridized carbons (Fsp3) is 0.0800. The van der Waals surface area contributed by atoms with Crippen LogP contribution in [0.25, 0.3) is 22.2 Å². The van der Waals surface area contributed by atoms with E-state index < -0.39 is 55.6 Å². The van der Waals surface area contributed by atoms with E-state index in [1.807, 2.05) is 4.72 Å². The molecule has 0 saturated carbocycles. The van der Waals surface area contributed by atoms with Gasteiger partial charge in [-0.1, -0.05) is 11.2 Å². The third-order valence-corrected chi connectivity index (χ3v) is 7.12. The van der Waals surface area contributed by atoms with Gasteiger partial charge in [0.2, 0.25) is 0 Å². The van der Waals surface area contributed by atoms with Gasteiger partial charge in [0.25, 0.3) is 10.0 Å². The van der Waals surface area contributed by atoms with Crippen LogP contribution in [0.5, 0.6) is 0 Å².